The van der Waals surface area contributed by atoms with Crippen molar-refractivity contribution in [1.29, 1.82) is 0 Å². The van der Waals surface area contributed by atoms with Crippen molar-refractivity contribution in [3.05, 3.63) is 117 Å². The smallest absolute Gasteiger partial charge is 0.00735 e. The van der Waals surface area contributed by atoms with Gasteiger partial charge in [0.2, 0.25) is 0 Å². The third kappa shape index (κ3) is 7.04. The molecule has 0 heterocycles. The number of hydrogen-bond acceptors (Lipinski definition) is 0. The molecule has 0 bridgehead atoms. The Kier molecular flexibility index (Phi) is 14.9. The summed E-state index contributed by atoms with van der Waals surface area (Å²) in [6, 6.07) is 27.1. The number of benzene rings is 4. The topological polar surface area (TPSA) is 0 Å². The van der Waals surface area contributed by atoms with Crippen LogP contribution in [0.25, 0.3) is 22.3 Å². The van der Waals surface area contributed by atoms with Gasteiger partial charge in [0, 0.05) is 5.92 Å². The molecule has 38 heavy (non-hydrogen) atoms. The van der Waals surface area contributed by atoms with E-state index in [0.29, 0.717) is 5.92 Å². The van der Waals surface area contributed by atoms with Gasteiger partial charge in [0.15, 0.2) is 0 Å². The highest BCUT2D eigenvalue weighted by molar-refractivity contribution is 5.79. The summed E-state index contributed by atoms with van der Waals surface area (Å²) < 4.78 is 0. The lowest BCUT2D eigenvalue weighted by atomic mass is 9.97. The molecule has 0 aliphatic heterocycles. The molecule has 0 nitrogen and oxygen atoms in total. The molecule has 0 radical (unpaired) electrons. The van der Waals surface area contributed by atoms with E-state index >= 15 is 0 Å². The van der Waals surface area contributed by atoms with Crippen LogP contribution in [0.2, 0.25) is 0 Å². The van der Waals surface area contributed by atoms with E-state index in [0.717, 1.165) is 6.42 Å². The van der Waals surface area contributed by atoms with Crippen LogP contribution in [0.4, 0.5) is 0 Å². The molecule has 0 saturated heterocycles. The van der Waals surface area contributed by atoms with Gasteiger partial charge in [-0.1, -0.05) is 153 Å². The van der Waals surface area contributed by atoms with Gasteiger partial charge in [0.05, 0.1) is 0 Å². The van der Waals surface area contributed by atoms with Gasteiger partial charge in [-0.3, -0.25) is 0 Å². The van der Waals surface area contributed by atoms with Crippen LogP contribution in [0.5, 0.6) is 0 Å². The van der Waals surface area contributed by atoms with Crippen LogP contribution in [-0.4, -0.2) is 0 Å². The number of aryl methyl sites for hydroxylation is 4. The molecular formula is C38H56. The van der Waals surface area contributed by atoms with Crippen LogP contribution in [0.15, 0.2) is 72.8 Å². The molecule has 2 aliphatic carbocycles. The third-order valence-electron chi connectivity index (χ3n) is 6.83. The molecule has 0 N–H and O–H groups in total. The Morgan fingerprint density at radius 3 is 1.08 bits per heavy atom. The molecule has 0 spiro atoms. The molecule has 0 aromatic heterocycles. The Morgan fingerprint density at radius 1 is 0.447 bits per heavy atom. The Bertz CT molecular complexity index is 1200. The van der Waals surface area contributed by atoms with E-state index in [-0.39, 0.29) is 37.1 Å². The Labute approximate surface area is 237 Å². The summed E-state index contributed by atoms with van der Waals surface area (Å²) in [7, 11) is 0. The molecule has 0 atom stereocenters. The average Bonchev–Trinajstić information content (AvgIpc) is 3.29. The second-order valence-corrected chi connectivity index (χ2v) is 9.40. The molecule has 0 saturated carbocycles. The van der Waals surface area contributed by atoms with Crippen molar-refractivity contribution in [3.8, 4) is 22.3 Å². The lowest BCUT2D eigenvalue weighted by Crippen LogP contribution is -1.90. The van der Waals surface area contributed by atoms with Gasteiger partial charge in [-0.25, -0.2) is 0 Å². The minimum Gasteiger partial charge on any atom is -0.0776 e. The predicted octanol–water partition coefficient (Wildman–Crippen LogP) is 12.5. The maximum atomic E-state index is 2.33. The van der Waals surface area contributed by atoms with E-state index in [2.05, 4.69) is 107 Å². The summed E-state index contributed by atoms with van der Waals surface area (Å²) >= 11 is 0. The lowest BCUT2D eigenvalue weighted by molar-refractivity contribution is 0.952. The van der Waals surface area contributed by atoms with Crippen molar-refractivity contribution in [1.82, 2.24) is 0 Å². The summed E-state index contributed by atoms with van der Waals surface area (Å²) in [6.07, 6.45) is 1.11. The molecule has 208 valence electrons. The van der Waals surface area contributed by atoms with E-state index in [1.165, 1.54) is 66.8 Å². The summed E-state index contributed by atoms with van der Waals surface area (Å²) in [5, 5.41) is 0. The molecule has 4 aromatic carbocycles. The molecular weight excluding hydrogens is 456 g/mol. The zero-order valence-electron chi connectivity index (χ0n) is 21.2. The van der Waals surface area contributed by atoms with E-state index in [1.807, 2.05) is 13.8 Å². The summed E-state index contributed by atoms with van der Waals surface area (Å²) in [6.45, 7) is 15.0. The van der Waals surface area contributed by atoms with E-state index in [4.69, 9.17) is 0 Å². The summed E-state index contributed by atoms with van der Waals surface area (Å²) in [5.41, 5.74) is 17.1. The third-order valence-corrected chi connectivity index (χ3v) is 6.83. The van der Waals surface area contributed by atoms with Gasteiger partial charge in [-0.2, -0.15) is 0 Å². The van der Waals surface area contributed by atoms with Crippen molar-refractivity contribution in [2.24, 2.45) is 0 Å². The predicted molar refractivity (Wildman–Crippen MR) is 178 cm³/mol. The van der Waals surface area contributed by atoms with Crippen LogP contribution >= 0.6 is 0 Å². The van der Waals surface area contributed by atoms with Crippen LogP contribution in [0.1, 0.15) is 108 Å². The zero-order valence-corrected chi connectivity index (χ0v) is 21.2. The molecule has 0 amide bonds. The second kappa shape index (κ2) is 15.3. The van der Waals surface area contributed by atoms with Crippen molar-refractivity contribution < 1.29 is 0 Å². The first-order valence-electron chi connectivity index (χ1n) is 12.3. The van der Waals surface area contributed by atoms with Crippen LogP contribution in [0.3, 0.4) is 0 Å². The zero-order chi connectivity index (χ0) is 23.7. The van der Waals surface area contributed by atoms with E-state index in [1.54, 1.807) is 0 Å². The Balaban J connectivity index is 0. The first-order chi connectivity index (χ1) is 15.9. The van der Waals surface area contributed by atoms with E-state index < -0.39 is 0 Å². The minimum atomic E-state index is 0. The molecule has 0 unspecified atom stereocenters. The van der Waals surface area contributed by atoms with Gasteiger partial charge in [0.25, 0.3) is 0 Å². The molecule has 0 fully saturated rings. The highest BCUT2D eigenvalue weighted by Gasteiger charge is 2.25. The van der Waals surface area contributed by atoms with Crippen LogP contribution < -0.4 is 0 Å². The largest absolute Gasteiger partial charge is 0.0776 e. The maximum Gasteiger partial charge on any atom is 0.00735 e. The normalized spacial score (nSPS) is 10.8. The summed E-state index contributed by atoms with van der Waals surface area (Å²) in [4.78, 5) is 0. The molecule has 4 aromatic rings. The molecule has 6 rings (SSSR count). The van der Waals surface area contributed by atoms with E-state index in [9.17, 15) is 0 Å². The molecule has 2 aliphatic rings. The number of rotatable bonds is 0. The van der Waals surface area contributed by atoms with Crippen LogP contribution in [-0.2, 0) is 6.42 Å². The van der Waals surface area contributed by atoms with Gasteiger partial charge in [0.1, 0.15) is 0 Å². The molecule has 0 heteroatoms. The Hall–Kier alpha value is -3.12. The number of fused-ring (bicyclic) bond motifs is 6. The standard InChI is InChI=1S/C16H16.C15H14.C2H6.5CH4/c1-10-4-6-13-14-7-5-11(2)9-16(14)12(3)15(13)8-10;1-10-3-5-14-12(7-10)9-13-8-11(2)4-6-15(13)14;1-2;;;;;/h4-9,12H,1-3H3;3-8H,9H2,1-2H3;1-2H3;5*1H4. The van der Waals surface area contributed by atoms with Crippen molar-refractivity contribution in [3.63, 3.8) is 0 Å². The van der Waals surface area contributed by atoms with Gasteiger partial charge in [-0.15, -0.1) is 0 Å². The van der Waals surface area contributed by atoms with Crippen molar-refractivity contribution in [2.75, 3.05) is 0 Å². The van der Waals surface area contributed by atoms with Crippen molar-refractivity contribution in [2.45, 2.75) is 97.9 Å². The fourth-order valence-electron chi connectivity index (χ4n) is 5.21. The quantitative estimate of drug-likeness (QED) is 0.193. The van der Waals surface area contributed by atoms with Gasteiger partial charge < -0.3 is 0 Å². The fraction of sp³-hybridized carbons (Fsp3) is 0.368. The Morgan fingerprint density at radius 2 is 0.737 bits per heavy atom. The fourth-order valence-corrected chi connectivity index (χ4v) is 5.21. The highest BCUT2D eigenvalue weighted by atomic mass is 14.3. The van der Waals surface area contributed by atoms with Gasteiger partial charge >= 0.3 is 0 Å². The first kappa shape index (κ1) is 37.0. The minimum absolute atomic E-state index is 0. The highest BCUT2D eigenvalue weighted by Crippen LogP contribution is 2.45. The van der Waals surface area contributed by atoms with Crippen molar-refractivity contribution >= 4 is 0 Å². The summed E-state index contributed by atoms with van der Waals surface area (Å²) in [5.74, 6) is 0.546. The first-order valence-corrected chi connectivity index (χ1v) is 12.3. The maximum absolute atomic E-state index is 2.33. The second-order valence-electron chi connectivity index (χ2n) is 9.40. The lowest BCUT2D eigenvalue weighted by Gasteiger charge is -2.07. The monoisotopic (exact) mass is 512 g/mol. The average molecular weight is 513 g/mol. The SMILES string of the molecule is C.C.C.C.C.CC.Cc1ccc2c(c1)C(C)c1cc(C)ccc1-2.Cc1ccc2c(c1)Cc1cc(C)ccc1-2. The van der Waals surface area contributed by atoms with Crippen LogP contribution in [0, 0.1) is 27.7 Å². The number of hydrogen-bond donors (Lipinski definition) is 0. The van der Waals surface area contributed by atoms with Gasteiger partial charge in [-0.05, 0) is 78.6 Å².